The zero-order valence-corrected chi connectivity index (χ0v) is 11.7. The van der Waals surface area contributed by atoms with Gasteiger partial charge in [-0.3, -0.25) is 0 Å². The molecule has 0 bridgehead atoms. The van der Waals surface area contributed by atoms with Crippen molar-refractivity contribution in [3.8, 4) is 17.6 Å². The van der Waals surface area contributed by atoms with E-state index >= 15 is 0 Å². The van der Waals surface area contributed by atoms with Crippen molar-refractivity contribution in [2.75, 3.05) is 12.8 Å². The van der Waals surface area contributed by atoms with E-state index in [-0.39, 0.29) is 16.9 Å². The Labute approximate surface area is 117 Å². The maximum atomic E-state index is 5.95. The molecule has 0 aliphatic rings. The summed E-state index contributed by atoms with van der Waals surface area (Å²) in [4.78, 5) is 7.86. The third-order valence-electron chi connectivity index (χ3n) is 2.07. The predicted octanol–water partition coefficient (Wildman–Crippen LogP) is 3.28. The molecule has 2 aromatic rings. The summed E-state index contributed by atoms with van der Waals surface area (Å²) in [6, 6.07) is 5.49. The van der Waals surface area contributed by atoms with E-state index in [9.17, 15) is 0 Å². The molecule has 7 heteroatoms. The smallest absolute Gasteiger partial charge is 0.319 e. The standard InChI is InChI=1S/C11H9BrClN3O2/c1-17-11-15-5-7(13)10(16-11)18-9-6(12)3-2-4-8(9)14/h2-5H,14H2,1H3. The Morgan fingerprint density at radius 2 is 2.17 bits per heavy atom. The summed E-state index contributed by atoms with van der Waals surface area (Å²) < 4.78 is 11.2. The summed E-state index contributed by atoms with van der Waals surface area (Å²) in [7, 11) is 1.46. The van der Waals surface area contributed by atoms with Crippen LogP contribution in [0.2, 0.25) is 5.02 Å². The topological polar surface area (TPSA) is 70.3 Å². The summed E-state index contributed by atoms with van der Waals surface area (Å²) in [5.41, 5.74) is 6.29. The second-order valence-corrected chi connectivity index (χ2v) is 4.53. The molecule has 0 aliphatic heterocycles. The molecule has 18 heavy (non-hydrogen) atoms. The average molecular weight is 331 g/mol. The minimum absolute atomic E-state index is 0.167. The molecule has 2 rings (SSSR count). The number of hydrogen-bond acceptors (Lipinski definition) is 5. The maximum Gasteiger partial charge on any atom is 0.319 e. The second kappa shape index (κ2) is 5.41. The highest BCUT2D eigenvalue weighted by Gasteiger charge is 2.12. The van der Waals surface area contributed by atoms with Crippen LogP contribution in [0.25, 0.3) is 0 Å². The number of halogens is 2. The van der Waals surface area contributed by atoms with Gasteiger partial charge in [0.15, 0.2) is 5.75 Å². The summed E-state index contributed by atoms with van der Waals surface area (Å²) in [5.74, 6) is 0.627. The zero-order valence-electron chi connectivity index (χ0n) is 9.35. The summed E-state index contributed by atoms with van der Waals surface area (Å²) in [5, 5.41) is 0.269. The number of anilines is 1. The lowest BCUT2D eigenvalue weighted by atomic mass is 10.3. The average Bonchev–Trinajstić information content (AvgIpc) is 2.36. The Balaban J connectivity index is 2.39. The zero-order chi connectivity index (χ0) is 13.1. The Bertz CT molecular complexity index is 560. The molecule has 0 fully saturated rings. The van der Waals surface area contributed by atoms with Crippen LogP contribution in [-0.2, 0) is 0 Å². The van der Waals surface area contributed by atoms with Gasteiger partial charge in [-0.25, -0.2) is 4.98 Å². The number of rotatable bonds is 3. The fourth-order valence-corrected chi connectivity index (χ4v) is 1.83. The van der Waals surface area contributed by atoms with Gasteiger partial charge < -0.3 is 15.2 Å². The van der Waals surface area contributed by atoms with Gasteiger partial charge in [0, 0.05) is 0 Å². The summed E-state index contributed by atoms with van der Waals surface area (Å²) >= 11 is 9.29. The van der Waals surface area contributed by atoms with Gasteiger partial charge in [-0.05, 0) is 28.1 Å². The molecule has 0 amide bonds. The highest BCUT2D eigenvalue weighted by Crippen LogP contribution is 2.36. The van der Waals surface area contributed by atoms with Gasteiger partial charge in [0.2, 0.25) is 5.88 Å². The highest BCUT2D eigenvalue weighted by atomic mass is 79.9. The van der Waals surface area contributed by atoms with Crippen molar-refractivity contribution in [3.05, 3.63) is 33.9 Å². The number of hydrogen-bond donors (Lipinski definition) is 1. The Morgan fingerprint density at radius 1 is 1.39 bits per heavy atom. The van der Waals surface area contributed by atoms with Gasteiger partial charge in [-0.1, -0.05) is 17.7 Å². The summed E-state index contributed by atoms with van der Waals surface area (Å²) in [6.07, 6.45) is 1.40. The molecule has 0 saturated carbocycles. The Morgan fingerprint density at radius 3 is 2.83 bits per heavy atom. The van der Waals surface area contributed by atoms with E-state index in [1.165, 1.54) is 13.3 Å². The molecule has 0 unspecified atom stereocenters. The largest absolute Gasteiger partial charge is 0.467 e. The number of nitrogen functional groups attached to an aromatic ring is 1. The van der Waals surface area contributed by atoms with Gasteiger partial charge in [0.25, 0.3) is 0 Å². The van der Waals surface area contributed by atoms with Crippen molar-refractivity contribution in [2.24, 2.45) is 0 Å². The van der Waals surface area contributed by atoms with Gasteiger partial charge in [-0.2, -0.15) is 4.98 Å². The van der Waals surface area contributed by atoms with Crippen LogP contribution < -0.4 is 15.2 Å². The molecule has 1 heterocycles. The van der Waals surface area contributed by atoms with Crippen LogP contribution in [0.1, 0.15) is 0 Å². The third-order valence-corrected chi connectivity index (χ3v) is 2.95. The van der Waals surface area contributed by atoms with Crippen LogP contribution in [-0.4, -0.2) is 17.1 Å². The van der Waals surface area contributed by atoms with E-state index < -0.39 is 0 Å². The number of nitrogens with zero attached hydrogens (tertiary/aromatic N) is 2. The second-order valence-electron chi connectivity index (χ2n) is 3.27. The van der Waals surface area contributed by atoms with Crippen LogP contribution in [0.4, 0.5) is 5.69 Å². The number of nitrogens with two attached hydrogens (primary N) is 1. The lowest BCUT2D eigenvalue weighted by molar-refractivity contribution is 0.366. The van der Waals surface area contributed by atoms with Crippen molar-refractivity contribution < 1.29 is 9.47 Å². The maximum absolute atomic E-state index is 5.95. The van der Waals surface area contributed by atoms with Crippen molar-refractivity contribution >= 4 is 33.2 Å². The molecule has 2 N–H and O–H groups in total. The fourth-order valence-electron chi connectivity index (χ4n) is 1.24. The fraction of sp³-hybridized carbons (Fsp3) is 0.0909. The van der Waals surface area contributed by atoms with Gasteiger partial charge in [0.1, 0.15) is 5.02 Å². The number of ether oxygens (including phenoxy) is 2. The van der Waals surface area contributed by atoms with Crippen LogP contribution in [0, 0.1) is 0 Å². The first-order chi connectivity index (χ1) is 8.61. The molecule has 0 spiro atoms. The molecule has 5 nitrogen and oxygen atoms in total. The van der Waals surface area contributed by atoms with E-state index in [4.69, 9.17) is 26.8 Å². The SMILES string of the molecule is COc1ncc(Cl)c(Oc2c(N)cccc2Br)n1. The Hall–Kier alpha value is -1.53. The molecule has 1 aromatic carbocycles. The minimum Gasteiger partial charge on any atom is -0.467 e. The molecule has 1 aromatic heterocycles. The minimum atomic E-state index is 0.167. The molecule has 0 aliphatic carbocycles. The van der Waals surface area contributed by atoms with E-state index in [1.54, 1.807) is 18.2 Å². The molecule has 0 radical (unpaired) electrons. The molecule has 94 valence electrons. The van der Waals surface area contributed by atoms with Crippen LogP contribution in [0.15, 0.2) is 28.9 Å². The lowest BCUT2D eigenvalue weighted by Crippen LogP contribution is -1.98. The van der Waals surface area contributed by atoms with Gasteiger partial charge >= 0.3 is 6.01 Å². The van der Waals surface area contributed by atoms with Crippen molar-refractivity contribution in [2.45, 2.75) is 0 Å². The quantitative estimate of drug-likeness (QED) is 0.875. The van der Waals surface area contributed by atoms with E-state index in [1.807, 2.05) is 0 Å². The molecular weight excluding hydrogens is 321 g/mol. The van der Waals surface area contributed by atoms with Crippen molar-refractivity contribution in [1.29, 1.82) is 0 Å². The normalized spacial score (nSPS) is 10.2. The van der Waals surface area contributed by atoms with Gasteiger partial charge in [0.05, 0.1) is 23.5 Å². The summed E-state index contributed by atoms with van der Waals surface area (Å²) in [6.45, 7) is 0. The van der Waals surface area contributed by atoms with E-state index in [0.29, 0.717) is 15.9 Å². The van der Waals surface area contributed by atoms with Crippen LogP contribution >= 0.6 is 27.5 Å². The molecular formula is C11H9BrClN3O2. The highest BCUT2D eigenvalue weighted by molar-refractivity contribution is 9.10. The van der Waals surface area contributed by atoms with Crippen molar-refractivity contribution in [3.63, 3.8) is 0 Å². The van der Waals surface area contributed by atoms with E-state index in [0.717, 1.165) is 0 Å². The number of benzene rings is 1. The monoisotopic (exact) mass is 329 g/mol. The first-order valence-corrected chi connectivity index (χ1v) is 6.07. The van der Waals surface area contributed by atoms with E-state index in [2.05, 4.69) is 25.9 Å². The number of para-hydroxylation sites is 1. The predicted molar refractivity (Wildman–Crippen MR) is 72.2 cm³/mol. The third kappa shape index (κ3) is 2.65. The van der Waals surface area contributed by atoms with Crippen molar-refractivity contribution in [1.82, 2.24) is 9.97 Å². The van der Waals surface area contributed by atoms with Crippen LogP contribution in [0.3, 0.4) is 0 Å². The first-order valence-electron chi connectivity index (χ1n) is 4.90. The Kier molecular flexibility index (Phi) is 3.88. The number of methoxy groups -OCH3 is 1. The first kappa shape index (κ1) is 12.9. The lowest BCUT2D eigenvalue weighted by Gasteiger charge is -2.10. The van der Waals surface area contributed by atoms with Crippen LogP contribution in [0.5, 0.6) is 17.6 Å². The molecule has 0 saturated heterocycles. The number of aromatic nitrogens is 2. The molecule has 0 atom stereocenters. The van der Waals surface area contributed by atoms with Gasteiger partial charge in [-0.15, -0.1) is 0 Å².